The van der Waals surface area contributed by atoms with Crippen LogP contribution in [0.4, 0.5) is 0 Å². The maximum Gasteiger partial charge on any atom is 0.346 e. The summed E-state index contributed by atoms with van der Waals surface area (Å²) >= 11 is 0. The first-order valence-corrected chi connectivity index (χ1v) is 8.84. The van der Waals surface area contributed by atoms with Crippen molar-refractivity contribution in [2.45, 2.75) is 104 Å². The highest BCUT2D eigenvalue weighted by molar-refractivity contribution is 5.89. The number of ether oxygens (including phenoxy) is 1. The Bertz CT molecular complexity index is 369. The highest BCUT2D eigenvalue weighted by Crippen LogP contribution is 2.16. The molecule has 0 spiro atoms. The summed E-state index contributed by atoms with van der Waals surface area (Å²) in [6.45, 7) is 14.5. The summed E-state index contributed by atoms with van der Waals surface area (Å²) in [5, 5.41) is 0. The molecule has 0 fully saturated rings. The van der Waals surface area contributed by atoms with Gasteiger partial charge in [0.1, 0.15) is 0 Å². The fraction of sp³-hybridized carbons (Fsp3) is 0.889. The van der Waals surface area contributed by atoms with E-state index in [0.29, 0.717) is 25.7 Å². The molecule has 0 bridgehead atoms. The van der Waals surface area contributed by atoms with Gasteiger partial charge in [0, 0.05) is 0 Å². The molecule has 0 aliphatic heterocycles. The Hall–Kier alpha value is -1.02. The average Bonchev–Trinajstić information content (AvgIpc) is 2.45. The van der Waals surface area contributed by atoms with E-state index in [0.717, 1.165) is 0 Å². The van der Waals surface area contributed by atoms with Crippen LogP contribution in [-0.4, -0.2) is 35.3 Å². The Kier molecular flexibility index (Phi) is 10.4. The predicted molar refractivity (Wildman–Crippen MR) is 92.3 cm³/mol. The highest BCUT2D eigenvalue weighted by Gasteiger charge is 2.31. The molecule has 0 amide bonds. The molecule has 0 saturated heterocycles. The van der Waals surface area contributed by atoms with Gasteiger partial charge in [-0.05, 0) is 54.4 Å². The Morgan fingerprint density at radius 3 is 1.28 bits per heavy atom. The van der Waals surface area contributed by atoms with E-state index in [-0.39, 0.29) is 0 Å². The van der Waals surface area contributed by atoms with E-state index in [9.17, 15) is 9.59 Å². The van der Waals surface area contributed by atoms with Crippen molar-refractivity contribution in [2.75, 3.05) is 0 Å². The van der Waals surface area contributed by atoms with E-state index in [1.165, 1.54) is 0 Å². The Balaban J connectivity index is 4.77. The van der Waals surface area contributed by atoms with Gasteiger partial charge in [-0.15, -0.1) is 0 Å². The Labute approximate surface area is 151 Å². The standard InChI is InChI=1S/C18H34O7/c1-9-11-13(22-24-17(3,4)5)15(19)21-16(20)14(12-10-2)23-25-18(6,7)8/h13-14H,9-12H2,1-8H3. The van der Waals surface area contributed by atoms with Crippen LogP contribution in [-0.2, 0) is 33.9 Å². The molecule has 0 saturated carbocycles. The van der Waals surface area contributed by atoms with Crippen molar-refractivity contribution in [1.29, 1.82) is 0 Å². The summed E-state index contributed by atoms with van der Waals surface area (Å²) in [7, 11) is 0. The number of rotatable bonds is 10. The van der Waals surface area contributed by atoms with Crippen LogP contribution < -0.4 is 0 Å². The molecule has 7 nitrogen and oxygen atoms in total. The minimum Gasteiger partial charge on any atom is -0.389 e. The molecule has 148 valence electrons. The number of hydrogen-bond donors (Lipinski definition) is 0. The molecule has 0 heterocycles. The molecule has 2 atom stereocenters. The lowest BCUT2D eigenvalue weighted by atomic mass is 10.2. The zero-order chi connectivity index (χ0) is 19.7. The third kappa shape index (κ3) is 12.0. The van der Waals surface area contributed by atoms with Crippen LogP contribution in [0.15, 0.2) is 0 Å². The van der Waals surface area contributed by atoms with Gasteiger partial charge in [-0.1, -0.05) is 26.7 Å². The predicted octanol–water partition coefficient (Wildman–Crippen LogP) is 3.89. The van der Waals surface area contributed by atoms with Crippen molar-refractivity contribution < 1.29 is 33.9 Å². The lowest BCUT2D eigenvalue weighted by Gasteiger charge is -2.23. The van der Waals surface area contributed by atoms with Gasteiger partial charge in [-0.3, -0.25) is 0 Å². The van der Waals surface area contributed by atoms with Gasteiger partial charge in [-0.2, -0.15) is 0 Å². The molecule has 0 aliphatic carbocycles. The minimum absolute atomic E-state index is 0.375. The summed E-state index contributed by atoms with van der Waals surface area (Å²) in [5.41, 5.74) is -1.16. The SMILES string of the molecule is CCCC(OOC(C)(C)C)C(=O)OC(=O)C(CCC)OOC(C)(C)C. The maximum absolute atomic E-state index is 12.2. The van der Waals surface area contributed by atoms with E-state index >= 15 is 0 Å². The molecule has 0 aromatic heterocycles. The quantitative estimate of drug-likeness (QED) is 0.252. The first-order valence-electron chi connectivity index (χ1n) is 8.84. The van der Waals surface area contributed by atoms with Crippen molar-refractivity contribution in [3.8, 4) is 0 Å². The molecule has 0 rings (SSSR count). The fourth-order valence-corrected chi connectivity index (χ4v) is 1.57. The highest BCUT2D eigenvalue weighted by atomic mass is 17.2. The molecule has 0 aliphatic rings. The van der Waals surface area contributed by atoms with Crippen molar-refractivity contribution in [1.82, 2.24) is 0 Å². The number of esters is 2. The van der Waals surface area contributed by atoms with Gasteiger partial charge in [0.15, 0.2) is 12.2 Å². The van der Waals surface area contributed by atoms with E-state index in [4.69, 9.17) is 24.3 Å². The minimum atomic E-state index is -0.973. The topological polar surface area (TPSA) is 80.3 Å². The largest absolute Gasteiger partial charge is 0.389 e. The maximum atomic E-state index is 12.2. The van der Waals surface area contributed by atoms with Gasteiger partial charge in [0.2, 0.25) is 0 Å². The van der Waals surface area contributed by atoms with Gasteiger partial charge in [0.05, 0.1) is 11.2 Å². The van der Waals surface area contributed by atoms with Crippen LogP contribution in [0.1, 0.15) is 81.1 Å². The van der Waals surface area contributed by atoms with Crippen molar-refractivity contribution in [3.05, 3.63) is 0 Å². The van der Waals surface area contributed by atoms with Crippen LogP contribution >= 0.6 is 0 Å². The molecule has 0 aromatic rings. The molecule has 0 radical (unpaired) electrons. The van der Waals surface area contributed by atoms with Crippen LogP contribution in [0.2, 0.25) is 0 Å². The summed E-state index contributed by atoms with van der Waals surface area (Å²) in [6.07, 6.45) is 0.144. The number of hydrogen-bond acceptors (Lipinski definition) is 7. The van der Waals surface area contributed by atoms with E-state index < -0.39 is 35.3 Å². The number of carbonyl (C=O) groups is 2. The molecule has 0 N–H and O–H groups in total. The Morgan fingerprint density at radius 1 is 0.720 bits per heavy atom. The van der Waals surface area contributed by atoms with Gasteiger partial charge in [0.25, 0.3) is 0 Å². The molecule has 7 heteroatoms. The van der Waals surface area contributed by atoms with Crippen molar-refractivity contribution in [3.63, 3.8) is 0 Å². The second-order valence-corrected chi connectivity index (χ2v) is 7.88. The van der Waals surface area contributed by atoms with Gasteiger partial charge >= 0.3 is 11.9 Å². The van der Waals surface area contributed by atoms with Crippen molar-refractivity contribution >= 4 is 11.9 Å². The van der Waals surface area contributed by atoms with Crippen LogP contribution in [0.3, 0.4) is 0 Å². The second kappa shape index (κ2) is 10.9. The van der Waals surface area contributed by atoms with Crippen molar-refractivity contribution in [2.24, 2.45) is 0 Å². The summed E-state index contributed by atoms with van der Waals surface area (Å²) in [5.74, 6) is -1.59. The summed E-state index contributed by atoms with van der Waals surface area (Å²) < 4.78 is 4.92. The van der Waals surface area contributed by atoms with Gasteiger partial charge in [-0.25, -0.2) is 29.1 Å². The third-order valence-corrected chi connectivity index (χ3v) is 2.66. The number of carbonyl (C=O) groups excluding carboxylic acids is 2. The van der Waals surface area contributed by atoms with Crippen LogP contribution in [0.25, 0.3) is 0 Å². The monoisotopic (exact) mass is 362 g/mol. The first kappa shape index (κ1) is 24.0. The van der Waals surface area contributed by atoms with Gasteiger partial charge < -0.3 is 4.74 Å². The fourth-order valence-electron chi connectivity index (χ4n) is 1.57. The summed E-state index contributed by atoms with van der Waals surface area (Å²) in [4.78, 5) is 45.1. The van der Waals surface area contributed by atoms with E-state index in [1.54, 1.807) is 41.5 Å². The van der Waals surface area contributed by atoms with E-state index in [2.05, 4.69) is 0 Å². The van der Waals surface area contributed by atoms with Crippen LogP contribution in [0, 0.1) is 0 Å². The molecular weight excluding hydrogens is 328 g/mol. The normalized spacial score (nSPS) is 14.9. The summed E-state index contributed by atoms with van der Waals surface area (Å²) in [6, 6.07) is 0. The molecule has 25 heavy (non-hydrogen) atoms. The molecule has 0 aromatic carbocycles. The molecular formula is C18H34O7. The zero-order valence-corrected chi connectivity index (χ0v) is 16.8. The third-order valence-electron chi connectivity index (χ3n) is 2.66. The zero-order valence-electron chi connectivity index (χ0n) is 16.8. The lowest BCUT2D eigenvalue weighted by Crippen LogP contribution is -2.37. The van der Waals surface area contributed by atoms with Crippen LogP contribution in [0.5, 0.6) is 0 Å². The van der Waals surface area contributed by atoms with E-state index in [1.807, 2.05) is 13.8 Å². The average molecular weight is 362 g/mol. The Morgan fingerprint density at radius 2 is 1.04 bits per heavy atom. The smallest absolute Gasteiger partial charge is 0.346 e. The lowest BCUT2D eigenvalue weighted by molar-refractivity contribution is -0.372. The molecule has 2 unspecified atom stereocenters. The first-order chi connectivity index (χ1) is 11.4. The second-order valence-electron chi connectivity index (χ2n) is 7.88.